The van der Waals surface area contributed by atoms with Crippen molar-refractivity contribution in [3.05, 3.63) is 87.5 Å². The van der Waals surface area contributed by atoms with Gasteiger partial charge >= 0.3 is 0 Å². The van der Waals surface area contributed by atoms with E-state index in [9.17, 15) is 18.0 Å². The monoisotopic (exact) mass is 485 g/mol. The molecular formula is C24H22F3N5OS. The molecule has 1 amide bonds. The molecule has 0 aliphatic rings. The van der Waals surface area contributed by atoms with Gasteiger partial charge in [0.15, 0.2) is 0 Å². The molecule has 0 saturated heterocycles. The lowest BCUT2D eigenvalue weighted by Gasteiger charge is -2.12. The molecule has 0 aliphatic heterocycles. The molecule has 0 aliphatic carbocycles. The van der Waals surface area contributed by atoms with E-state index in [1.54, 1.807) is 4.52 Å². The number of carbonyl (C=O) groups excluding carboxylic acids is 1. The molecule has 4 aromatic rings. The molecule has 0 fully saturated rings. The first kappa shape index (κ1) is 23.7. The van der Waals surface area contributed by atoms with Crippen molar-refractivity contribution in [1.82, 2.24) is 24.9 Å². The summed E-state index contributed by atoms with van der Waals surface area (Å²) in [5, 5.41) is 7.26. The van der Waals surface area contributed by atoms with Gasteiger partial charge in [0.2, 0.25) is 11.1 Å². The number of thioether (sulfide) groups is 1. The molecular weight excluding hydrogens is 463 g/mol. The van der Waals surface area contributed by atoms with Gasteiger partial charge in [-0.05, 0) is 37.5 Å². The van der Waals surface area contributed by atoms with E-state index >= 15 is 0 Å². The maximum Gasteiger partial charge on any atom is 0.253 e. The first-order valence-corrected chi connectivity index (χ1v) is 11.5. The van der Waals surface area contributed by atoms with Crippen LogP contribution in [0.5, 0.6) is 0 Å². The molecule has 176 valence electrons. The summed E-state index contributed by atoms with van der Waals surface area (Å²) in [4.78, 5) is 21.1. The first-order valence-electron chi connectivity index (χ1n) is 10.5. The molecule has 0 spiro atoms. The topological polar surface area (TPSA) is 72.2 Å². The number of hydrogen-bond acceptors (Lipinski definition) is 5. The molecule has 1 N–H and O–H groups in total. The fourth-order valence-corrected chi connectivity index (χ4v) is 4.26. The highest BCUT2D eigenvalue weighted by molar-refractivity contribution is 7.99. The minimum Gasteiger partial charge on any atom is -0.351 e. The van der Waals surface area contributed by atoms with E-state index in [1.165, 1.54) is 11.1 Å². The summed E-state index contributed by atoms with van der Waals surface area (Å²) < 4.78 is 42.1. The molecule has 0 saturated carbocycles. The predicted octanol–water partition coefficient (Wildman–Crippen LogP) is 4.47. The van der Waals surface area contributed by atoms with Crippen LogP contribution in [-0.4, -0.2) is 31.2 Å². The number of rotatable bonds is 7. The van der Waals surface area contributed by atoms with Crippen LogP contribution in [0.1, 0.15) is 33.6 Å². The molecule has 0 atom stereocenters. The Morgan fingerprint density at radius 3 is 2.44 bits per heavy atom. The van der Waals surface area contributed by atoms with Gasteiger partial charge in [0.05, 0.1) is 5.75 Å². The van der Waals surface area contributed by atoms with E-state index in [4.69, 9.17) is 0 Å². The van der Waals surface area contributed by atoms with E-state index in [-0.39, 0.29) is 5.75 Å². The van der Waals surface area contributed by atoms with Gasteiger partial charge in [0.25, 0.3) is 5.78 Å². The Balaban J connectivity index is 1.44. The lowest BCUT2D eigenvalue weighted by atomic mass is 9.99. The summed E-state index contributed by atoms with van der Waals surface area (Å²) in [7, 11) is 0. The Bertz CT molecular complexity index is 1370. The van der Waals surface area contributed by atoms with Gasteiger partial charge in [-0.1, -0.05) is 36.0 Å². The number of hydrogen-bond donors (Lipinski definition) is 1. The van der Waals surface area contributed by atoms with E-state index in [2.05, 4.69) is 39.4 Å². The zero-order valence-electron chi connectivity index (χ0n) is 18.8. The first-order chi connectivity index (χ1) is 16.2. The average molecular weight is 486 g/mol. The molecule has 0 radical (unpaired) electrons. The number of amides is 1. The van der Waals surface area contributed by atoms with Crippen LogP contribution in [-0.2, 0) is 17.8 Å². The van der Waals surface area contributed by atoms with Gasteiger partial charge < -0.3 is 5.32 Å². The smallest absolute Gasteiger partial charge is 0.253 e. The van der Waals surface area contributed by atoms with Crippen molar-refractivity contribution in [3.8, 4) is 0 Å². The minimum atomic E-state index is -1.05. The number of nitrogens with zero attached hydrogens (tertiary/aromatic N) is 4. The van der Waals surface area contributed by atoms with Gasteiger partial charge in [0, 0.05) is 42.0 Å². The van der Waals surface area contributed by atoms with Crippen LogP contribution in [0, 0.1) is 38.2 Å². The molecule has 0 bridgehead atoms. The summed E-state index contributed by atoms with van der Waals surface area (Å²) in [6.07, 6.45) is 0.717. The van der Waals surface area contributed by atoms with Gasteiger partial charge in [0.1, 0.15) is 17.5 Å². The Labute approximate surface area is 198 Å². The van der Waals surface area contributed by atoms with Gasteiger partial charge in [-0.2, -0.15) is 4.98 Å². The van der Waals surface area contributed by atoms with Crippen LogP contribution < -0.4 is 5.32 Å². The normalized spacial score (nSPS) is 11.2. The molecule has 4 rings (SSSR count). The highest BCUT2D eigenvalue weighted by Gasteiger charge is 2.17. The number of halogens is 3. The number of aromatic nitrogens is 4. The van der Waals surface area contributed by atoms with Crippen molar-refractivity contribution in [3.63, 3.8) is 0 Å². The van der Waals surface area contributed by atoms with Crippen LogP contribution in [0.25, 0.3) is 5.78 Å². The van der Waals surface area contributed by atoms with Crippen molar-refractivity contribution < 1.29 is 18.0 Å². The molecule has 0 unspecified atom stereocenters. The third kappa shape index (κ3) is 5.06. The Hall–Kier alpha value is -3.40. The fraction of sp³-hybridized carbons (Fsp3) is 0.250. The van der Waals surface area contributed by atoms with Crippen LogP contribution in [0.4, 0.5) is 13.2 Å². The van der Waals surface area contributed by atoms with Crippen molar-refractivity contribution in [2.75, 3.05) is 5.75 Å². The highest BCUT2D eigenvalue weighted by atomic mass is 32.2. The van der Waals surface area contributed by atoms with Crippen LogP contribution in [0.15, 0.2) is 41.6 Å². The number of carbonyl (C=O) groups is 1. The second-order valence-corrected chi connectivity index (χ2v) is 8.83. The highest BCUT2D eigenvalue weighted by Crippen LogP contribution is 2.22. The summed E-state index contributed by atoms with van der Waals surface area (Å²) in [6.45, 7) is 5.57. The summed E-state index contributed by atoms with van der Waals surface area (Å²) in [5.74, 6) is -3.21. The second-order valence-electron chi connectivity index (χ2n) is 7.88. The largest absolute Gasteiger partial charge is 0.351 e. The molecule has 10 heteroatoms. The third-order valence-electron chi connectivity index (χ3n) is 5.56. The molecule has 2 heterocycles. The lowest BCUT2D eigenvalue weighted by Crippen LogP contribution is -2.25. The van der Waals surface area contributed by atoms with Crippen molar-refractivity contribution in [2.24, 2.45) is 0 Å². The van der Waals surface area contributed by atoms with E-state index in [0.717, 1.165) is 28.7 Å². The number of fused-ring (bicyclic) bond motifs is 1. The lowest BCUT2D eigenvalue weighted by molar-refractivity contribution is -0.118. The molecule has 2 aromatic heterocycles. The molecule has 2 aromatic carbocycles. The van der Waals surface area contributed by atoms with Gasteiger partial charge in [-0.25, -0.2) is 22.7 Å². The summed E-state index contributed by atoms with van der Waals surface area (Å²) in [6, 6.07) is 9.31. The Kier molecular flexibility index (Phi) is 6.87. The zero-order chi connectivity index (χ0) is 24.4. The summed E-state index contributed by atoms with van der Waals surface area (Å²) in [5.41, 5.74) is 4.83. The maximum atomic E-state index is 13.7. The van der Waals surface area contributed by atoms with Crippen LogP contribution >= 0.6 is 11.8 Å². The van der Waals surface area contributed by atoms with E-state index < -0.39 is 35.5 Å². The van der Waals surface area contributed by atoms with Crippen molar-refractivity contribution in [2.45, 2.75) is 38.9 Å². The summed E-state index contributed by atoms with van der Waals surface area (Å²) >= 11 is 1.08. The van der Waals surface area contributed by atoms with Crippen LogP contribution in [0.2, 0.25) is 0 Å². The fourth-order valence-electron chi connectivity index (χ4n) is 3.61. The van der Waals surface area contributed by atoms with Crippen molar-refractivity contribution in [1.29, 1.82) is 0 Å². The third-order valence-corrected chi connectivity index (χ3v) is 6.40. The van der Waals surface area contributed by atoms with Gasteiger partial charge in [-0.3, -0.25) is 4.79 Å². The Morgan fingerprint density at radius 1 is 1.03 bits per heavy atom. The maximum absolute atomic E-state index is 13.7. The van der Waals surface area contributed by atoms with E-state index in [1.807, 2.05) is 26.0 Å². The standard InChI is InChI=1S/C24H22F3N5OS/c1-13-6-4-5-7-16(13)8-18-14(2)29-23-30-24(31-32(23)15(18)3)34-12-22(33)28-11-19-20(26)9-17(25)10-21(19)27/h4-7,9-10H,8,11-12H2,1-3H3,(H,28,33). The number of nitrogens with one attached hydrogen (secondary N) is 1. The number of benzene rings is 2. The van der Waals surface area contributed by atoms with Gasteiger partial charge in [-0.15, -0.1) is 5.10 Å². The average Bonchev–Trinajstić information content (AvgIpc) is 3.18. The molecule has 34 heavy (non-hydrogen) atoms. The second kappa shape index (κ2) is 9.84. The zero-order valence-corrected chi connectivity index (χ0v) is 19.6. The minimum absolute atomic E-state index is 0.0601. The molecule has 6 nitrogen and oxygen atoms in total. The Morgan fingerprint density at radius 2 is 1.74 bits per heavy atom. The van der Waals surface area contributed by atoms with E-state index in [0.29, 0.717) is 29.5 Å². The quantitative estimate of drug-likeness (QED) is 0.391. The van der Waals surface area contributed by atoms with Crippen LogP contribution in [0.3, 0.4) is 0 Å². The SMILES string of the molecule is Cc1ccccc1Cc1c(C)nc2nc(SCC(=O)NCc3c(F)cc(F)cc3F)nn2c1C. The predicted molar refractivity (Wildman–Crippen MR) is 123 cm³/mol. The van der Waals surface area contributed by atoms with Crippen molar-refractivity contribution >= 4 is 23.4 Å². The number of aryl methyl sites for hydroxylation is 3.